The minimum Gasteiger partial charge on any atom is -0.375 e. The first-order valence-corrected chi connectivity index (χ1v) is 9.85. The average molecular weight is 309 g/mol. The highest BCUT2D eigenvalue weighted by atomic mass is 32.2. The smallest absolute Gasteiger partial charge is 0.141 e. The number of fused-ring (bicyclic) bond motifs is 2. The second-order valence-corrected chi connectivity index (χ2v) is 8.90. The van der Waals surface area contributed by atoms with E-state index in [1.54, 1.807) is 0 Å². The van der Waals surface area contributed by atoms with Gasteiger partial charge in [-0.1, -0.05) is 0 Å². The van der Waals surface area contributed by atoms with Crippen molar-refractivity contribution in [2.75, 3.05) is 18.1 Å². The molecule has 0 aromatic rings. The van der Waals surface area contributed by atoms with E-state index in [2.05, 4.69) is 0 Å². The molecule has 5 atom stereocenters. The number of Topliss-reactive ketones (excluding diaryl/α,β-unsaturated/α-hetero) is 1. The van der Waals surface area contributed by atoms with E-state index < -0.39 is 0 Å². The Morgan fingerprint density at radius 2 is 1.90 bits per heavy atom. The van der Waals surface area contributed by atoms with Gasteiger partial charge in [-0.2, -0.15) is 11.8 Å². The largest absolute Gasteiger partial charge is 0.375 e. The molecule has 21 heavy (non-hydrogen) atoms. The first kappa shape index (κ1) is 14.5. The Kier molecular flexibility index (Phi) is 3.83. The van der Waals surface area contributed by atoms with Crippen LogP contribution in [0.4, 0.5) is 0 Å². The lowest BCUT2D eigenvalue weighted by molar-refractivity contribution is -0.143. The molecule has 1 spiro atoms. The van der Waals surface area contributed by atoms with Crippen molar-refractivity contribution in [1.82, 2.24) is 0 Å². The number of ether oxygens (including phenoxy) is 1. The number of rotatable bonds is 2. The average Bonchev–Trinajstić information content (AvgIpc) is 3.08. The Morgan fingerprint density at radius 1 is 1.14 bits per heavy atom. The van der Waals surface area contributed by atoms with E-state index in [-0.39, 0.29) is 23.5 Å². The van der Waals surface area contributed by atoms with Crippen molar-refractivity contribution in [3.63, 3.8) is 0 Å². The van der Waals surface area contributed by atoms with Crippen molar-refractivity contribution in [1.29, 1.82) is 0 Å². The minimum absolute atomic E-state index is 0.0194. The van der Waals surface area contributed by atoms with Crippen LogP contribution >= 0.6 is 11.8 Å². The van der Waals surface area contributed by atoms with Crippen LogP contribution in [0.5, 0.6) is 0 Å². The summed E-state index contributed by atoms with van der Waals surface area (Å²) in [7, 11) is 0. The summed E-state index contributed by atoms with van der Waals surface area (Å²) in [5, 5.41) is 0. The second kappa shape index (κ2) is 5.54. The van der Waals surface area contributed by atoms with Crippen LogP contribution in [-0.2, 0) is 9.53 Å². The van der Waals surface area contributed by atoms with E-state index in [4.69, 9.17) is 10.5 Å². The maximum atomic E-state index is 13.1. The van der Waals surface area contributed by atoms with E-state index in [1.165, 1.54) is 30.8 Å². The monoisotopic (exact) mass is 309 g/mol. The van der Waals surface area contributed by atoms with Gasteiger partial charge in [0, 0.05) is 24.5 Å². The molecule has 4 heteroatoms. The van der Waals surface area contributed by atoms with E-state index >= 15 is 0 Å². The molecule has 2 aliphatic heterocycles. The van der Waals surface area contributed by atoms with Crippen LogP contribution in [0.25, 0.3) is 0 Å². The molecular formula is C17H27NO2S. The first-order valence-electron chi connectivity index (χ1n) is 8.70. The topological polar surface area (TPSA) is 52.3 Å². The summed E-state index contributed by atoms with van der Waals surface area (Å²) in [5.74, 6) is 4.49. The van der Waals surface area contributed by atoms with Crippen LogP contribution in [0, 0.1) is 23.7 Å². The molecule has 2 saturated carbocycles. The summed E-state index contributed by atoms with van der Waals surface area (Å²) in [4.78, 5) is 13.1. The quantitative estimate of drug-likeness (QED) is 0.852. The molecule has 4 aliphatic rings. The van der Waals surface area contributed by atoms with Crippen molar-refractivity contribution >= 4 is 17.5 Å². The molecule has 0 aromatic heterocycles. The van der Waals surface area contributed by atoms with Gasteiger partial charge in [-0.15, -0.1) is 0 Å². The molecule has 5 unspecified atom stereocenters. The molecule has 2 bridgehead atoms. The predicted molar refractivity (Wildman–Crippen MR) is 85.3 cm³/mol. The van der Waals surface area contributed by atoms with Gasteiger partial charge >= 0.3 is 0 Å². The van der Waals surface area contributed by atoms with Gasteiger partial charge in [0.25, 0.3) is 0 Å². The zero-order valence-corrected chi connectivity index (χ0v) is 13.6. The van der Waals surface area contributed by atoms with Crippen molar-refractivity contribution in [2.24, 2.45) is 29.4 Å². The summed E-state index contributed by atoms with van der Waals surface area (Å²) < 4.78 is 6.14. The van der Waals surface area contributed by atoms with Crippen molar-refractivity contribution in [2.45, 2.75) is 56.6 Å². The summed E-state index contributed by atoms with van der Waals surface area (Å²) in [6, 6.07) is 0.150. The van der Waals surface area contributed by atoms with E-state index in [0.29, 0.717) is 17.6 Å². The molecule has 3 nitrogen and oxygen atoms in total. The zero-order chi connectivity index (χ0) is 14.4. The fourth-order valence-corrected chi connectivity index (χ4v) is 6.63. The highest BCUT2D eigenvalue weighted by Crippen LogP contribution is 2.50. The molecule has 4 fully saturated rings. The SMILES string of the molecule is NC1C2CCC(C2)C1C(=O)C1CCOC2(CCSCC2)C1. The Morgan fingerprint density at radius 3 is 2.62 bits per heavy atom. The lowest BCUT2D eigenvalue weighted by Gasteiger charge is -2.44. The van der Waals surface area contributed by atoms with Crippen LogP contribution in [0.3, 0.4) is 0 Å². The van der Waals surface area contributed by atoms with E-state index in [0.717, 1.165) is 32.3 Å². The number of nitrogens with two attached hydrogens (primary N) is 1. The van der Waals surface area contributed by atoms with Gasteiger partial charge < -0.3 is 10.5 Å². The zero-order valence-electron chi connectivity index (χ0n) is 12.8. The van der Waals surface area contributed by atoms with Gasteiger partial charge in [-0.3, -0.25) is 4.79 Å². The molecule has 118 valence electrons. The highest BCUT2D eigenvalue weighted by molar-refractivity contribution is 7.99. The van der Waals surface area contributed by atoms with Crippen molar-refractivity contribution in [3.8, 4) is 0 Å². The van der Waals surface area contributed by atoms with Gasteiger partial charge in [0.2, 0.25) is 0 Å². The van der Waals surface area contributed by atoms with Gasteiger partial charge in [0.1, 0.15) is 5.78 Å². The van der Waals surface area contributed by atoms with E-state index in [9.17, 15) is 4.79 Å². The number of carbonyl (C=O) groups is 1. The number of ketones is 1. The van der Waals surface area contributed by atoms with Gasteiger partial charge in [-0.05, 0) is 68.3 Å². The van der Waals surface area contributed by atoms with Gasteiger partial charge in [-0.25, -0.2) is 0 Å². The molecule has 2 N–H and O–H groups in total. The number of hydrogen-bond acceptors (Lipinski definition) is 4. The third-order valence-corrected chi connectivity index (χ3v) is 7.59. The van der Waals surface area contributed by atoms with Crippen LogP contribution in [0.2, 0.25) is 0 Å². The first-order chi connectivity index (χ1) is 10.2. The van der Waals surface area contributed by atoms with E-state index in [1.807, 2.05) is 11.8 Å². The van der Waals surface area contributed by atoms with Crippen LogP contribution in [0.15, 0.2) is 0 Å². The number of carbonyl (C=O) groups excluding carboxylic acids is 1. The molecule has 0 radical (unpaired) electrons. The molecule has 0 amide bonds. The Bertz CT molecular complexity index is 414. The van der Waals surface area contributed by atoms with Crippen LogP contribution < -0.4 is 5.73 Å². The summed E-state index contributed by atoms with van der Waals surface area (Å²) >= 11 is 2.02. The van der Waals surface area contributed by atoms with Gasteiger partial charge in [0.05, 0.1) is 5.60 Å². The minimum atomic E-state index is 0.0194. The maximum absolute atomic E-state index is 13.1. The molecule has 4 rings (SSSR count). The summed E-state index contributed by atoms with van der Waals surface area (Å²) in [5.41, 5.74) is 6.41. The summed E-state index contributed by atoms with van der Waals surface area (Å²) in [6.07, 6.45) is 7.85. The molecule has 0 aromatic carbocycles. The summed E-state index contributed by atoms with van der Waals surface area (Å²) in [6.45, 7) is 0.775. The number of hydrogen-bond donors (Lipinski definition) is 1. The highest BCUT2D eigenvalue weighted by Gasteiger charge is 2.51. The maximum Gasteiger partial charge on any atom is 0.141 e. The molecule has 2 heterocycles. The Balaban J connectivity index is 1.47. The van der Waals surface area contributed by atoms with Crippen LogP contribution in [-0.4, -0.2) is 35.5 Å². The molecule has 2 saturated heterocycles. The molecule has 2 aliphatic carbocycles. The Hall–Kier alpha value is -0.0600. The fraction of sp³-hybridized carbons (Fsp3) is 0.941. The molecular weight excluding hydrogens is 282 g/mol. The van der Waals surface area contributed by atoms with Gasteiger partial charge in [0.15, 0.2) is 0 Å². The third-order valence-electron chi connectivity index (χ3n) is 6.61. The Labute approximate surface area is 131 Å². The lowest BCUT2D eigenvalue weighted by atomic mass is 9.72. The standard InChI is InChI=1S/C17H27NO2S/c18-15-12-2-1-11(9-12)14(15)16(19)13-3-6-20-17(10-13)4-7-21-8-5-17/h11-15H,1-10,18H2. The van der Waals surface area contributed by atoms with Crippen LogP contribution in [0.1, 0.15) is 44.9 Å². The third kappa shape index (κ3) is 2.47. The fourth-order valence-electron chi connectivity index (χ4n) is 5.39. The lowest BCUT2D eigenvalue weighted by Crippen LogP contribution is -2.48. The number of thioether (sulfide) groups is 1. The van der Waals surface area contributed by atoms with Crippen molar-refractivity contribution < 1.29 is 9.53 Å². The second-order valence-electron chi connectivity index (χ2n) is 7.67. The van der Waals surface area contributed by atoms with Crippen molar-refractivity contribution in [3.05, 3.63) is 0 Å². The predicted octanol–water partition coefficient (Wildman–Crippen LogP) is 2.62. The normalized spacial score (nSPS) is 45.1.